The van der Waals surface area contributed by atoms with Gasteiger partial charge in [0.25, 0.3) is 0 Å². The lowest BCUT2D eigenvalue weighted by atomic mass is 10.0. The number of fused-ring (bicyclic) bond motifs is 1. The van der Waals surface area contributed by atoms with Crippen LogP contribution in [-0.4, -0.2) is 25.1 Å². The zero-order chi connectivity index (χ0) is 26.6. The maximum Gasteiger partial charge on any atom is 0.116 e. The first-order valence-electron chi connectivity index (χ1n) is 12.8. The van der Waals surface area contributed by atoms with Gasteiger partial charge in [-0.2, -0.15) is 16.4 Å². The van der Waals surface area contributed by atoms with Gasteiger partial charge in [-0.3, -0.25) is 15.1 Å². The minimum atomic E-state index is 0.726. The van der Waals surface area contributed by atoms with Crippen LogP contribution >= 0.6 is 11.3 Å². The zero-order valence-corrected chi connectivity index (χ0v) is 22.4. The number of H-pyrrole nitrogens is 2. The minimum Gasteiger partial charge on any atom is -0.352 e. The van der Waals surface area contributed by atoms with Gasteiger partial charge in [0.2, 0.25) is 0 Å². The molecule has 192 valence electrons. The van der Waals surface area contributed by atoms with Crippen LogP contribution in [0.4, 0.5) is 0 Å². The summed E-state index contributed by atoms with van der Waals surface area (Å²) in [7, 11) is 0. The lowest BCUT2D eigenvalue weighted by molar-refractivity contribution is 0.691. The molecule has 6 rings (SSSR count). The standard InChI is InChI=1S/C32H28N6S/c1-3-29-27(11-21(2)25-12-23(16-34-17-25)15-33-14-22-7-5-4-6-8-22)32(38-37-29)30-13-26-28(24-9-10-39-20-24)18-35-19-31(26)36-30/h3-13,16-20,33,36-37H,2,14-15H2,1H3/b27-11+,29-3+. The number of allylic oxidation sites excluding steroid dienone is 1. The van der Waals surface area contributed by atoms with E-state index in [9.17, 15) is 0 Å². The molecule has 0 unspecified atom stereocenters. The monoisotopic (exact) mass is 528 g/mol. The molecule has 0 saturated carbocycles. The summed E-state index contributed by atoms with van der Waals surface area (Å²) in [6, 6.07) is 16.8. The Kier molecular flexibility index (Phi) is 6.99. The largest absolute Gasteiger partial charge is 0.352 e. The number of aromatic amines is 2. The van der Waals surface area contributed by atoms with Crippen LogP contribution in [0.15, 0.2) is 90.7 Å². The van der Waals surface area contributed by atoms with E-state index < -0.39 is 0 Å². The summed E-state index contributed by atoms with van der Waals surface area (Å²) in [5.74, 6) is 0. The average molecular weight is 529 g/mol. The highest BCUT2D eigenvalue weighted by atomic mass is 32.1. The van der Waals surface area contributed by atoms with Crippen molar-refractivity contribution in [3.63, 3.8) is 0 Å². The maximum absolute atomic E-state index is 4.67. The Labute approximate surface area is 230 Å². The number of nitrogens with one attached hydrogen (secondary N) is 3. The molecule has 1 aromatic carbocycles. The summed E-state index contributed by atoms with van der Waals surface area (Å²) < 4.78 is 0. The van der Waals surface area contributed by atoms with E-state index in [2.05, 4.69) is 96.3 Å². The van der Waals surface area contributed by atoms with Gasteiger partial charge < -0.3 is 10.3 Å². The first kappa shape index (κ1) is 24.7. The van der Waals surface area contributed by atoms with E-state index >= 15 is 0 Å². The van der Waals surface area contributed by atoms with Gasteiger partial charge >= 0.3 is 0 Å². The Morgan fingerprint density at radius 2 is 1.85 bits per heavy atom. The second-order valence-corrected chi connectivity index (χ2v) is 10.2. The lowest BCUT2D eigenvalue weighted by Gasteiger charge is -2.07. The maximum atomic E-state index is 4.67. The number of aromatic nitrogens is 5. The number of thiophene rings is 1. The highest BCUT2D eigenvalue weighted by Gasteiger charge is 2.13. The van der Waals surface area contributed by atoms with Gasteiger partial charge in [0, 0.05) is 47.8 Å². The van der Waals surface area contributed by atoms with Crippen molar-refractivity contribution in [3.8, 4) is 22.5 Å². The molecule has 0 spiro atoms. The molecule has 5 heterocycles. The van der Waals surface area contributed by atoms with Crippen molar-refractivity contribution < 1.29 is 0 Å². The number of benzene rings is 1. The normalized spacial score (nSPS) is 12.4. The molecule has 0 aliphatic rings. The smallest absolute Gasteiger partial charge is 0.116 e. The third-order valence-corrected chi connectivity index (χ3v) is 7.42. The Morgan fingerprint density at radius 3 is 2.67 bits per heavy atom. The van der Waals surface area contributed by atoms with Crippen LogP contribution in [0.5, 0.6) is 0 Å². The van der Waals surface area contributed by atoms with E-state index in [-0.39, 0.29) is 0 Å². The molecule has 0 saturated heterocycles. The topological polar surface area (TPSA) is 82.3 Å². The number of pyridine rings is 2. The molecule has 6 aromatic rings. The molecular formula is C32H28N6S. The van der Waals surface area contributed by atoms with Crippen LogP contribution in [0.2, 0.25) is 0 Å². The molecule has 0 bridgehead atoms. The van der Waals surface area contributed by atoms with Crippen molar-refractivity contribution in [3.05, 3.63) is 118 Å². The van der Waals surface area contributed by atoms with Crippen LogP contribution in [0.3, 0.4) is 0 Å². The fourth-order valence-corrected chi connectivity index (χ4v) is 5.38. The van der Waals surface area contributed by atoms with Gasteiger partial charge in [0.1, 0.15) is 5.69 Å². The highest BCUT2D eigenvalue weighted by Crippen LogP contribution is 2.31. The van der Waals surface area contributed by atoms with Gasteiger partial charge in [-0.25, -0.2) is 0 Å². The predicted octanol–water partition coefficient (Wildman–Crippen LogP) is 5.66. The van der Waals surface area contributed by atoms with Gasteiger partial charge in [0.05, 0.1) is 22.8 Å². The van der Waals surface area contributed by atoms with Gasteiger partial charge in [0.15, 0.2) is 0 Å². The molecule has 0 radical (unpaired) electrons. The summed E-state index contributed by atoms with van der Waals surface area (Å²) in [4.78, 5) is 12.5. The summed E-state index contributed by atoms with van der Waals surface area (Å²) >= 11 is 1.68. The molecule has 0 aliphatic heterocycles. The quantitative estimate of drug-likeness (QED) is 0.238. The van der Waals surface area contributed by atoms with Crippen molar-refractivity contribution in [2.75, 3.05) is 0 Å². The summed E-state index contributed by atoms with van der Waals surface area (Å²) in [6.45, 7) is 7.91. The second kappa shape index (κ2) is 11.0. The van der Waals surface area contributed by atoms with Crippen LogP contribution in [-0.2, 0) is 13.1 Å². The fraction of sp³-hybridized carbons (Fsp3) is 0.0938. The number of hydrogen-bond donors (Lipinski definition) is 3. The Morgan fingerprint density at radius 1 is 1.00 bits per heavy atom. The summed E-state index contributed by atoms with van der Waals surface area (Å²) in [5, 5.41) is 18.6. The fourth-order valence-electron chi connectivity index (χ4n) is 4.73. The molecule has 5 aromatic heterocycles. The molecule has 7 heteroatoms. The SMILES string of the molecule is C=C(/C=c1/c(-c2cc3c(-c4ccsc4)cncc3[nH]2)n[nH]/c1=C/C)c1cncc(CNCc2ccccc2)c1. The Bertz CT molecular complexity index is 1860. The number of hydrogen-bond acceptors (Lipinski definition) is 5. The molecule has 0 fully saturated rings. The highest BCUT2D eigenvalue weighted by molar-refractivity contribution is 7.08. The first-order chi connectivity index (χ1) is 19.2. The molecular weight excluding hydrogens is 500 g/mol. The third kappa shape index (κ3) is 5.23. The van der Waals surface area contributed by atoms with Crippen molar-refractivity contribution in [2.24, 2.45) is 0 Å². The molecule has 0 amide bonds. The first-order valence-corrected chi connectivity index (χ1v) is 13.7. The van der Waals surface area contributed by atoms with Crippen LogP contribution < -0.4 is 15.9 Å². The molecule has 0 aliphatic carbocycles. The zero-order valence-electron chi connectivity index (χ0n) is 21.6. The lowest BCUT2D eigenvalue weighted by Crippen LogP contribution is -2.23. The summed E-state index contributed by atoms with van der Waals surface area (Å²) in [6.07, 6.45) is 11.6. The van der Waals surface area contributed by atoms with Gasteiger partial charge in [-0.1, -0.05) is 43.0 Å². The Hall–Kier alpha value is -4.59. The Balaban J connectivity index is 1.31. The average Bonchev–Trinajstić information content (AvgIpc) is 3.73. The van der Waals surface area contributed by atoms with E-state index in [1.165, 1.54) is 11.1 Å². The van der Waals surface area contributed by atoms with E-state index in [0.717, 1.165) is 68.2 Å². The second-order valence-electron chi connectivity index (χ2n) is 9.37. The van der Waals surface area contributed by atoms with Gasteiger partial charge in [-0.05, 0) is 69.8 Å². The molecule has 6 nitrogen and oxygen atoms in total. The van der Waals surface area contributed by atoms with Gasteiger partial charge in [-0.15, -0.1) is 0 Å². The van der Waals surface area contributed by atoms with Crippen LogP contribution in [0.25, 0.3) is 51.1 Å². The van der Waals surface area contributed by atoms with Crippen LogP contribution in [0, 0.1) is 0 Å². The van der Waals surface area contributed by atoms with Crippen molar-refractivity contribution in [1.82, 2.24) is 30.5 Å². The van der Waals surface area contributed by atoms with Crippen LogP contribution in [0.1, 0.15) is 23.6 Å². The number of rotatable bonds is 8. The minimum absolute atomic E-state index is 0.726. The predicted molar refractivity (Wildman–Crippen MR) is 161 cm³/mol. The van der Waals surface area contributed by atoms with Crippen molar-refractivity contribution in [2.45, 2.75) is 20.0 Å². The van der Waals surface area contributed by atoms with Crippen molar-refractivity contribution >= 4 is 40.0 Å². The van der Waals surface area contributed by atoms with Crippen molar-refractivity contribution in [1.29, 1.82) is 0 Å². The molecule has 39 heavy (non-hydrogen) atoms. The van der Waals surface area contributed by atoms with E-state index in [0.29, 0.717) is 0 Å². The van der Waals surface area contributed by atoms with E-state index in [1.54, 1.807) is 11.3 Å². The summed E-state index contributed by atoms with van der Waals surface area (Å²) in [5.41, 5.74) is 9.22. The number of nitrogens with zero attached hydrogens (tertiary/aromatic N) is 3. The molecule has 0 atom stereocenters. The van der Waals surface area contributed by atoms with E-state index in [4.69, 9.17) is 0 Å². The third-order valence-electron chi connectivity index (χ3n) is 6.74. The molecule has 3 N–H and O–H groups in total. The van der Waals surface area contributed by atoms with E-state index in [1.807, 2.05) is 43.9 Å².